The monoisotopic (exact) mass is 856 g/mol. The molecule has 0 fully saturated rings. The number of para-hydroxylation sites is 2. The Bertz CT molecular complexity index is 3660. The molecule has 12 aromatic rings. The van der Waals surface area contributed by atoms with E-state index in [1.807, 2.05) is 0 Å². The van der Waals surface area contributed by atoms with E-state index in [9.17, 15) is 0 Å². The molecule has 1 aromatic heterocycles. The highest BCUT2D eigenvalue weighted by Crippen LogP contribution is 2.54. The molecular formula is C64H44N2O. The number of nitrogens with zero attached hydrogens (tertiary/aromatic N) is 2. The maximum Gasteiger partial charge on any atom is 0.137 e. The lowest BCUT2D eigenvalue weighted by Crippen LogP contribution is -2.18. The molecule has 316 valence electrons. The Morgan fingerprint density at radius 3 is 1.39 bits per heavy atom. The average molecular weight is 857 g/mol. The van der Waals surface area contributed by atoms with Crippen LogP contribution >= 0.6 is 0 Å². The molecule has 11 aromatic carbocycles. The Morgan fingerprint density at radius 2 is 0.731 bits per heavy atom. The number of rotatable bonds is 10. The van der Waals surface area contributed by atoms with Crippen LogP contribution in [0.5, 0.6) is 0 Å². The van der Waals surface area contributed by atoms with Crippen LogP contribution < -0.4 is 9.80 Å². The van der Waals surface area contributed by atoms with Gasteiger partial charge in [-0.25, -0.2) is 0 Å². The maximum absolute atomic E-state index is 6.97. The minimum absolute atomic E-state index is 0.808. The second kappa shape index (κ2) is 17.2. The lowest BCUT2D eigenvalue weighted by atomic mass is 9.95. The summed E-state index contributed by atoms with van der Waals surface area (Å²) in [6, 6.07) is 95.7. The third-order valence-corrected chi connectivity index (χ3v) is 12.8. The minimum atomic E-state index is 0.808. The smallest absolute Gasteiger partial charge is 0.137 e. The fraction of sp³-hybridized carbons (Fsp3) is 0. The first-order valence-corrected chi connectivity index (χ1v) is 22.8. The molecule has 0 amide bonds. The predicted molar refractivity (Wildman–Crippen MR) is 282 cm³/mol. The van der Waals surface area contributed by atoms with Crippen LogP contribution in [-0.4, -0.2) is 0 Å². The van der Waals surface area contributed by atoms with E-state index < -0.39 is 0 Å². The molecule has 0 aliphatic rings. The summed E-state index contributed by atoms with van der Waals surface area (Å²) in [4.78, 5) is 4.91. The van der Waals surface area contributed by atoms with Crippen LogP contribution in [-0.2, 0) is 0 Å². The zero-order valence-electron chi connectivity index (χ0n) is 36.7. The Kier molecular flexibility index (Phi) is 10.2. The molecule has 0 saturated carbocycles. The number of hydrogen-bond donors (Lipinski definition) is 0. The van der Waals surface area contributed by atoms with E-state index in [2.05, 4.69) is 277 Å². The van der Waals surface area contributed by atoms with Crippen LogP contribution in [0.4, 0.5) is 34.1 Å². The van der Waals surface area contributed by atoms with Crippen molar-refractivity contribution in [3.63, 3.8) is 0 Å². The van der Waals surface area contributed by atoms with Gasteiger partial charge in [0.1, 0.15) is 11.2 Å². The van der Waals surface area contributed by atoms with Crippen LogP contribution in [0.2, 0.25) is 0 Å². The molecule has 0 radical (unpaired) electrons. The average Bonchev–Trinajstić information content (AvgIpc) is 3.77. The highest BCUT2D eigenvalue weighted by molar-refractivity contribution is 6.20. The maximum atomic E-state index is 6.97. The highest BCUT2D eigenvalue weighted by Gasteiger charge is 2.30. The Morgan fingerprint density at radius 1 is 0.269 bits per heavy atom. The molecule has 3 nitrogen and oxygen atoms in total. The molecule has 1 heterocycles. The van der Waals surface area contributed by atoms with Gasteiger partial charge in [-0.2, -0.15) is 0 Å². The lowest BCUT2D eigenvalue weighted by Gasteiger charge is -2.35. The number of fused-ring (bicyclic) bond motifs is 4. The first-order chi connectivity index (χ1) is 33.2. The van der Waals surface area contributed by atoms with Gasteiger partial charge in [-0.3, -0.25) is 0 Å². The second-order valence-corrected chi connectivity index (χ2v) is 16.9. The summed E-state index contributed by atoms with van der Waals surface area (Å²) < 4.78 is 6.97. The normalized spacial score (nSPS) is 11.3. The first kappa shape index (κ1) is 39.7. The summed E-state index contributed by atoms with van der Waals surface area (Å²) in [5.74, 6) is 0. The Balaban J connectivity index is 1.22. The molecule has 3 heteroatoms. The molecule has 0 bridgehead atoms. The van der Waals surface area contributed by atoms with E-state index in [0.29, 0.717) is 0 Å². The van der Waals surface area contributed by atoms with Crippen molar-refractivity contribution in [2.24, 2.45) is 0 Å². The van der Waals surface area contributed by atoms with E-state index in [1.165, 1.54) is 11.1 Å². The fourth-order valence-electron chi connectivity index (χ4n) is 9.66. The molecule has 0 N–H and O–H groups in total. The van der Waals surface area contributed by atoms with Crippen LogP contribution in [0, 0.1) is 0 Å². The molecule has 0 saturated heterocycles. The topological polar surface area (TPSA) is 19.6 Å². The van der Waals surface area contributed by atoms with Gasteiger partial charge in [-0.05, 0) is 111 Å². The molecule has 0 spiro atoms. The number of anilines is 6. The van der Waals surface area contributed by atoms with Crippen molar-refractivity contribution < 1.29 is 4.42 Å². The lowest BCUT2D eigenvalue weighted by molar-refractivity contribution is 0.669. The highest BCUT2D eigenvalue weighted by atomic mass is 16.3. The van der Waals surface area contributed by atoms with Crippen molar-refractivity contribution >= 4 is 66.8 Å². The van der Waals surface area contributed by atoms with Gasteiger partial charge in [0.05, 0.1) is 28.1 Å². The summed E-state index contributed by atoms with van der Waals surface area (Å²) in [6.07, 6.45) is 0. The molecule has 67 heavy (non-hydrogen) atoms. The standard InChI is InChI=1S/C64H44N2O/c1-6-20-45(21-7-1)47-34-37-54(38-35-47)66(58-33-19-18-32-55(58)48-24-10-3-11-25-48)64-60(40-41-61-63(64)57-43-50-28-16-17-29-51(50)44-62(57)67-61)65(53-30-14-5-15-31-53)59-39-36-52(46-22-8-2-9-23-46)42-56(59)49-26-12-4-13-27-49/h1-44H. The summed E-state index contributed by atoms with van der Waals surface area (Å²) in [7, 11) is 0. The second-order valence-electron chi connectivity index (χ2n) is 16.9. The molecule has 0 aliphatic carbocycles. The van der Waals surface area contributed by atoms with Crippen LogP contribution in [0.25, 0.3) is 77.2 Å². The molecule has 0 aliphatic heterocycles. The Hall–Kier alpha value is -8.92. The summed E-state index contributed by atoms with van der Waals surface area (Å²) in [6.45, 7) is 0. The predicted octanol–water partition coefficient (Wildman–Crippen LogP) is 18.3. The zero-order chi connectivity index (χ0) is 44.5. The SMILES string of the molecule is c1ccc(-c2ccc(N(c3ccccc3-c3ccccc3)c3c(N(c4ccccc4)c4ccc(-c5ccccc5)cc4-c4ccccc4)ccc4oc5cc6ccccc6cc5c34)cc2)cc1. The van der Waals surface area contributed by atoms with Crippen LogP contribution in [0.1, 0.15) is 0 Å². The van der Waals surface area contributed by atoms with Gasteiger partial charge in [0.25, 0.3) is 0 Å². The van der Waals surface area contributed by atoms with Gasteiger partial charge in [0.15, 0.2) is 0 Å². The first-order valence-electron chi connectivity index (χ1n) is 22.8. The van der Waals surface area contributed by atoms with Crippen LogP contribution in [0.15, 0.2) is 271 Å². The van der Waals surface area contributed by atoms with Crippen LogP contribution in [0.3, 0.4) is 0 Å². The van der Waals surface area contributed by atoms with Gasteiger partial charge in [0, 0.05) is 27.9 Å². The van der Waals surface area contributed by atoms with E-state index in [1.54, 1.807) is 0 Å². The third kappa shape index (κ3) is 7.39. The van der Waals surface area contributed by atoms with Gasteiger partial charge in [-0.15, -0.1) is 0 Å². The quantitative estimate of drug-likeness (QED) is 0.137. The summed E-state index contributed by atoms with van der Waals surface area (Å²) >= 11 is 0. The zero-order valence-corrected chi connectivity index (χ0v) is 36.7. The van der Waals surface area contributed by atoms with Gasteiger partial charge in [-0.1, -0.05) is 200 Å². The number of hydrogen-bond acceptors (Lipinski definition) is 3. The van der Waals surface area contributed by atoms with E-state index >= 15 is 0 Å². The van der Waals surface area contributed by atoms with Crippen molar-refractivity contribution in [1.29, 1.82) is 0 Å². The van der Waals surface area contributed by atoms with E-state index in [-0.39, 0.29) is 0 Å². The van der Waals surface area contributed by atoms with Gasteiger partial charge in [0.2, 0.25) is 0 Å². The van der Waals surface area contributed by atoms with Crippen molar-refractivity contribution in [1.82, 2.24) is 0 Å². The van der Waals surface area contributed by atoms with Gasteiger partial charge < -0.3 is 14.2 Å². The van der Waals surface area contributed by atoms with E-state index in [0.717, 1.165) is 100 Å². The number of furan rings is 1. The molecule has 12 rings (SSSR count). The van der Waals surface area contributed by atoms with E-state index in [4.69, 9.17) is 4.42 Å². The molecule has 0 atom stereocenters. The van der Waals surface area contributed by atoms with Crippen molar-refractivity contribution in [2.75, 3.05) is 9.80 Å². The van der Waals surface area contributed by atoms with Crippen molar-refractivity contribution in [3.05, 3.63) is 267 Å². The summed E-state index contributed by atoms with van der Waals surface area (Å²) in [5.41, 5.74) is 16.9. The van der Waals surface area contributed by atoms with Crippen molar-refractivity contribution in [2.45, 2.75) is 0 Å². The molecule has 0 unspecified atom stereocenters. The Labute approximate surface area is 390 Å². The summed E-state index contributed by atoms with van der Waals surface area (Å²) in [5, 5.41) is 4.36. The fourth-order valence-corrected chi connectivity index (χ4v) is 9.66. The van der Waals surface area contributed by atoms with Gasteiger partial charge >= 0.3 is 0 Å². The van der Waals surface area contributed by atoms with Crippen molar-refractivity contribution in [3.8, 4) is 44.5 Å². The number of benzene rings is 11. The third-order valence-electron chi connectivity index (χ3n) is 12.8. The minimum Gasteiger partial charge on any atom is -0.456 e. The largest absolute Gasteiger partial charge is 0.456 e. The molecular weight excluding hydrogens is 813 g/mol.